The molecule has 0 spiro atoms. The van der Waals surface area contributed by atoms with Crippen molar-refractivity contribution >= 4 is 11.8 Å². The second-order valence-corrected chi connectivity index (χ2v) is 5.80. The molecule has 0 heterocycles. The summed E-state index contributed by atoms with van der Waals surface area (Å²) in [6.07, 6.45) is 2.00. The summed E-state index contributed by atoms with van der Waals surface area (Å²) in [4.78, 5) is 1.22. The van der Waals surface area contributed by atoms with E-state index in [1.54, 1.807) is 7.11 Å². The van der Waals surface area contributed by atoms with Crippen molar-refractivity contribution in [1.29, 1.82) is 5.26 Å². The number of thioether (sulfide) groups is 1. The van der Waals surface area contributed by atoms with E-state index in [1.807, 2.05) is 43.8 Å². The zero-order valence-corrected chi connectivity index (χ0v) is 11.5. The number of rotatable bonds is 6. The van der Waals surface area contributed by atoms with Crippen molar-refractivity contribution in [2.75, 3.05) is 12.9 Å². The van der Waals surface area contributed by atoms with E-state index in [9.17, 15) is 0 Å². The average molecular weight is 249 g/mol. The number of nitrogens with zero attached hydrogens (tertiary/aromatic N) is 1. The molecule has 1 aromatic rings. The minimum atomic E-state index is -0.199. The molecule has 0 amide bonds. The lowest BCUT2D eigenvalue weighted by atomic mass is 9.90. The Morgan fingerprint density at radius 1 is 1.41 bits per heavy atom. The predicted octanol–water partition coefficient (Wildman–Crippen LogP) is 4.12. The quantitative estimate of drug-likeness (QED) is 0.561. The number of methoxy groups -OCH3 is 1. The molecule has 1 aromatic carbocycles. The molecule has 0 aliphatic heterocycles. The van der Waals surface area contributed by atoms with Gasteiger partial charge in [-0.05, 0) is 50.6 Å². The second kappa shape index (κ2) is 6.56. The average Bonchev–Trinajstić information content (AvgIpc) is 2.35. The van der Waals surface area contributed by atoms with Crippen LogP contribution in [0.4, 0.5) is 0 Å². The van der Waals surface area contributed by atoms with Gasteiger partial charge in [0.1, 0.15) is 5.75 Å². The van der Waals surface area contributed by atoms with Gasteiger partial charge in [-0.2, -0.15) is 5.26 Å². The zero-order chi connectivity index (χ0) is 12.7. The molecule has 3 heteroatoms. The van der Waals surface area contributed by atoms with E-state index in [0.29, 0.717) is 0 Å². The summed E-state index contributed by atoms with van der Waals surface area (Å²) in [7, 11) is 1.68. The SMILES string of the molecule is COc1cccc(SCCCC(C)(C)C#N)c1. The van der Waals surface area contributed by atoms with Gasteiger partial charge in [-0.3, -0.25) is 0 Å². The van der Waals surface area contributed by atoms with Crippen LogP contribution in [0.1, 0.15) is 26.7 Å². The predicted molar refractivity (Wildman–Crippen MR) is 72.3 cm³/mol. The molecule has 0 fully saturated rings. The van der Waals surface area contributed by atoms with Gasteiger partial charge < -0.3 is 4.74 Å². The van der Waals surface area contributed by atoms with Gasteiger partial charge in [-0.25, -0.2) is 0 Å². The molecule has 0 saturated heterocycles. The molecule has 0 aromatic heterocycles. The number of hydrogen-bond acceptors (Lipinski definition) is 3. The molecule has 92 valence electrons. The van der Waals surface area contributed by atoms with Gasteiger partial charge in [0.15, 0.2) is 0 Å². The van der Waals surface area contributed by atoms with E-state index >= 15 is 0 Å². The van der Waals surface area contributed by atoms with E-state index in [4.69, 9.17) is 10.00 Å². The molecule has 0 unspecified atom stereocenters. The Labute approximate surface area is 108 Å². The maximum atomic E-state index is 8.91. The van der Waals surface area contributed by atoms with Crippen molar-refractivity contribution in [2.45, 2.75) is 31.6 Å². The topological polar surface area (TPSA) is 33.0 Å². The molecule has 0 N–H and O–H groups in total. The Morgan fingerprint density at radius 2 is 2.18 bits per heavy atom. The normalized spacial score (nSPS) is 10.9. The van der Waals surface area contributed by atoms with E-state index in [0.717, 1.165) is 24.3 Å². The molecule has 2 nitrogen and oxygen atoms in total. The van der Waals surface area contributed by atoms with Crippen molar-refractivity contribution < 1.29 is 4.74 Å². The third-order valence-corrected chi connectivity index (χ3v) is 3.64. The van der Waals surface area contributed by atoms with Crippen LogP contribution in [-0.2, 0) is 0 Å². The fourth-order valence-corrected chi connectivity index (χ4v) is 2.35. The highest BCUT2D eigenvalue weighted by Crippen LogP contribution is 2.26. The number of benzene rings is 1. The lowest BCUT2D eigenvalue weighted by molar-refractivity contribution is 0.413. The van der Waals surface area contributed by atoms with Crippen molar-refractivity contribution in [3.8, 4) is 11.8 Å². The summed E-state index contributed by atoms with van der Waals surface area (Å²) in [6, 6.07) is 10.4. The summed E-state index contributed by atoms with van der Waals surface area (Å²) in [5.74, 6) is 1.94. The fourth-order valence-electron chi connectivity index (χ4n) is 1.45. The van der Waals surface area contributed by atoms with Crippen LogP contribution >= 0.6 is 11.8 Å². The Bertz CT molecular complexity index is 395. The van der Waals surface area contributed by atoms with Gasteiger partial charge in [0.2, 0.25) is 0 Å². The molecule has 0 aliphatic carbocycles. The van der Waals surface area contributed by atoms with Crippen molar-refractivity contribution in [3.05, 3.63) is 24.3 Å². The Kier molecular flexibility index (Phi) is 5.37. The van der Waals surface area contributed by atoms with Crippen LogP contribution in [0.3, 0.4) is 0 Å². The van der Waals surface area contributed by atoms with Crippen molar-refractivity contribution in [1.82, 2.24) is 0 Å². The maximum absolute atomic E-state index is 8.91. The maximum Gasteiger partial charge on any atom is 0.119 e. The second-order valence-electron chi connectivity index (χ2n) is 4.63. The third kappa shape index (κ3) is 5.14. The smallest absolute Gasteiger partial charge is 0.119 e. The lowest BCUT2D eigenvalue weighted by Gasteiger charge is -2.14. The molecular weight excluding hydrogens is 230 g/mol. The third-order valence-electron chi connectivity index (χ3n) is 2.56. The highest BCUT2D eigenvalue weighted by Gasteiger charge is 2.15. The zero-order valence-electron chi connectivity index (χ0n) is 10.7. The molecule has 0 saturated carbocycles. The summed E-state index contributed by atoms with van der Waals surface area (Å²) in [6.45, 7) is 3.98. The summed E-state index contributed by atoms with van der Waals surface area (Å²) < 4.78 is 5.18. The molecule has 0 bridgehead atoms. The largest absolute Gasteiger partial charge is 0.497 e. The van der Waals surface area contributed by atoms with Crippen LogP contribution in [0.5, 0.6) is 5.75 Å². The Hall–Kier alpha value is -1.14. The summed E-state index contributed by atoms with van der Waals surface area (Å²) >= 11 is 1.81. The van der Waals surface area contributed by atoms with Crippen LogP contribution in [0.2, 0.25) is 0 Å². The molecule has 1 rings (SSSR count). The first kappa shape index (κ1) is 13.9. The Morgan fingerprint density at radius 3 is 2.82 bits per heavy atom. The number of hydrogen-bond donors (Lipinski definition) is 0. The molecule has 0 atom stereocenters. The number of ether oxygens (including phenoxy) is 1. The van der Waals surface area contributed by atoms with Gasteiger partial charge in [0, 0.05) is 4.90 Å². The molecule has 0 radical (unpaired) electrons. The minimum Gasteiger partial charge on any atom is -0.497 e. The summed E-state index contributed by atoms with van der Waals surface area (Å²) in [5.41, 5.74) is -0.199. The van der Waals surface area contributed by atoms with Gasteiger partial charge >= 0.3 is 0 Å². The first-order valence-electron chi connectivity index (χ1n) is 5.75. The first-order chi connectivity index (χ1) is 8.07. The highest BCUT2D eigenvalue weighted by molar-refractivity contribution is 7.99. The van der Waals surface area contributed by atoms with Crippen LogP contribution in [0.25, 0.3) is 0 Å². The van der Waals surface area contributed by atoms with Gasteiger partial charge in [0.05, 0.1) is 18.6 Å². The Balaban J connectivity index is 2.34. The monoisotopic (exact) mass is 249 g/mol. The van der Waals surface area contributed by atoms with Crippen LogP contribution in [0.15, 0.2) is 29.2 Å². The molecule has 0 aliphatic rings. The van der Waals surface area contributed by atoms with Crippen molar-refractivity contribution in [3.63, 3.8) is 0 Å². The first-order valence-corrected chi connectivity index (χ1v) is 6.74. The van der Waals surface area contributed by atoms with Crippen LogP contribution in [0, 0.1) is 16.7 Å². The molecule has 17 heavy (non-hydrogen) atoms. The number of nitriles is 1. The van der Waals surface area contributed by atoms with Gasteiger partial charge in [-0.15, -0.1) is 11.8 Å². The van der Waals surface area contributed by atoms with Crippen LogP contribution < -0.4 is 4.74 Å². The highest BCUT2D eigenvalue weighted by atomic mass is 32.2. The fraction of sp³-hybridized carbons (Fsp3) is 0.500. The van der Waals surface area contributed by atoms with E-state index < -0.39 is 0 Å². The van der Waals surface area contributed by atoms with Gasteiger partial charge in [-0.1, -0.05) is 6.07 Å². The van der Waals surface area contributed by atoms with E-state index in [1.165, 1.54) is 4.90 Å². The van der Waals surface area contributed by atoms with E-state index in [2.05, 4.69) is 12.1 Å². The molecular formula is C14H19NOS. The van der Waals surface area contributed by atoms with Crippen LogP contribution in [-0.4, -0.2) is 12.9 Å². The van der Waals surface area contributed by atoms with E-state index in [-0.39, 0.29) is 5.41 Å². The van der Waals surface area contributed by atoms with Gasteiger partial charge in [0.25, 0.3) is 0 Å². The summed E-state index contributed by atoms with van der Waals surface area (Å²) in [5, 5.41) is 8.91. The standard InChI is InChI=1S/C14H19NOS/c1-14(2,11-15)8-5-9-17-13-7-4-6-12(10-13)16-3/h4,6-7,10H,5,8-9H2,1-3H3. The lowest BCUT2D eigenvalue weighted by Crippen LogP contribution is -2.07. The van der Waals surface area contributed by atoms with Crippen molar-refractivity contribution in [2.24, 2.45) is 5.41 Å². The minimum absolute atomic E-state index is 0.199.